The van der Waals surface area contributed by atoms with E-state index >= 15 is 0 Å². The predicted octanol–water partition coefficient (Wildman–Crippen LogP) is 3.29. The molecule has 0 aliphatic rings. The van der Waals surface area contributed by atoms with Crippen molar-refractivity contribution in [2.75, 3.05) is 12.4 Å². The Morgan fingerprint density at radius 1 is 1.17 bits per heavy atom. The molecule has 1 atom stereocenters. The van der Waals surface area contributed by atoms with Crippen LogP contribution in [0.1, 0.15) is 27.8 Å². The van der Waals surface area contributed by atoms with Crippen molar-refractivity contribution in [2.45, 2.75) is 18.8 Å². The molecule has 0 saturated carbocycles. The van der Waals surface area contributed by atoms with Crippen LogP contribution in [0.4, 0.5) is 18.9 Å². The Hall–Kier alpha value is -3.40. The van der Waals surface area contributed by atoms with Crippen LogP contribution in [0.15, 0.2) is 54.9 Å². The maximum Gasteiger partial charge on any atom is 0.416 e. The summed E-state index contributed by atoms with van der Waals surface area (Å²) in [6, 6.07) is 10.9. The molecule has 2 N–H and O–H groups in total. The summed E-state index contributed by atoms with van der Waals surface area (Å²) in [6.45, 7) is 0.0624. The van der Waals surface area contributed by atoms with Gasteiger partial charge in [-0.1, -0.05) is 12.1 Å². The number of nitrogens with one attached hydrogen (secondary N) is 1. The fourth-order valence-corrected chi connectivity index (χ4v) is 2.52. The van der Waals surface area contributed by atoms with E-state index in [1.54, 1.807) is 24.3 Å². The zero-order chi connectivity index (χ0) is 21.0. The molecule has 0 bridgehead atoms. The van der Waals surface area contributed by atoms with Crippen LogP contribution in [0.3, 0.4) is 0 Å². The average Bonchev–Trinajstić information content (AvgIpc) is 3.16. The molecular weight excluding hydrogens is 389 g/mol. The minimum Gasteiger partial charge on any atom is -0.497 e. The number of nitrogens with zero attached hydrogens (tertiary/aromatic N) is 3. The van der Waals surface area contributed by atoms with Gasteiger partial charge in [0.15, 0.2) is 0 Å². The van der Waals surface area contributed by atoms with Crippen molar-refractivity contribution in [1.82, 2.24) is 14.8 Å². The second-order valence-electron chi connectivity index (χ2n) is 6.11. The van der Waals surface area contributed by atoms with E-state index < -0.39 is 23.8 Å². The van der Waals surface area contributed by atoms with Crippen molar-refractivity contribution in [2.24, 2.45) is 0 Å². The number of benzene rings is 2. The van der Waals surface area contributed by atoms with Gasteiger partial charge in [-0.25, -0.2) is 9.67 Å². The lowest BCUT2D eigenvalue weighted by atomic mass is 10.1. The van der Waals surface area contributed by atoms with E-state index in [1.807, 2.05) is 0 Å². The fraction of sp³-hybridized carbons (Fsp3) is 0.211. The zero-order valence-corrected chi connectivity index (χ0v) is 15.2. The first kappa shape index (κ1) is 20.3. The van der Waals surface area contributed by atoms with Crippen LogP contribution in [0.2, 0.25) is 0 Å². The van der Waals surface area contributed by atoms with Crippen molar-refractivity contribution in [3.63, 3.8) is 0 Å². The molecule has 0 fully saturated rings. The highest BCUT2D eigenvalue weighted by molar-refractivity contribution is 6.01. The molecule has 2 aromatic carbocycles. The molecule has 3 aromatic rings. The van der Waals surface area contributed by atoms with Crippen molar-refractivity contribution in [3.8, 4) is 5.75 Å². The number of halogens is 3. The summed E-state index contributed by atoms with van der Waals surface area (Å²) in [7, 11) is 1.54. The Balaban J connectivity index is 1.62. The Kier molecular flexibility index (Phi) is 5.83. The Bertz CT molecular complexity index is 970. The highest BCUT2D eigenvalue weighted by Gasteiger charge is 2.30. The summed E-state index contributed by atoms with van der Waals surface area (Å²) < 4.78 is 44.1. The second-order valence-corrected chi connectivity index (χ2v) is 6.11. The van der Waals surface area contributed by atoms with Crippen molar-refractivity contribution < 1.29 is 27.8 Å². The number of hydrogen-bond donors (Lipinski definition) is 2. The van der Waals surface area contributed by atoms with Gasteiger partial charge in [0.05, 0.1) is 25.3 Å². The molecule has 3 rings (SSSR count). The highest BCUT2D eigenvalue weighted by Crippen LogP contribution is 2.29. The number of amides is 1. The van der Waals surface area contributed by atoms with Crippen LogP contribution < -0.4 is 10.1 Å². The van der Waals surface area contributed by atoms with Crippen LogP contribution in [0.25, 0.3) is 0 Å². The predicted molar refractivity (Wildman–Crippen MR) is 97.4 cm³/mol. The maximum atomic E-state index is 12.6. The van der Waals surface area contributed by atoms with Gasteiger partial charge in [-0.3, -0.25) is 4.79 Å². The number of hydrogen-bond acceptors (Lipinski definition) is 5. The molecular formula is C19H17F3N4O3. The molecule has 0 aliphatic carbocycles. The van der Waals surface area contributed by atoms with Crippen LogP contribution in [0, 0.1) is 0 Å². The van der Waals surface area contributed by atoms with E-state index in [2.05, 4.69) is 15.4 Å². The number of carbonyl (C=O) groups is 1. The molecule has 0 unspecified atom stereocenters. The lowest BCUT2D eigenvalue weighted by molar-refractivity contribution is -0.137. The zero-order valence-electron chi connectivity index (χ0n) is 15.2. The van der Waals surface area contributed by atoms with E-state index in [-0.39, 0.29) is 18.1 Å². The van der Waals surface area contributed by atoms with Gasteiger partial charge in [0.1, 0.15) is 12.1 Å². The van der Waals surface area contributed by atoms with Crippen LogP contribution in [-0.2, 0) is 12.7 Å². The summed E-state index contributed by atoms with van der Waals surface area (Å²) in [5, 5.41) is 16.7. The molecule has 1 heterocycles. The normalized spacial score (nSPS) is 12.4. The van der Waals surface area contributed by atoms with E-state index in [0.29, 0.717) is 11.3 Å². The molecule has 0 saturated heterocycles. The minimum atomic E-state index is -4.45. The van der Waals surface area contributed by atoms with Gasteiger partial charge in [-0.2, -0.15) is 13.2 Å². The van der Waals surface area contributed by atoms with Gasteiger partial charge in [-0.15, -0.1) is 5.10 Å². The average molecular weight is 406 g/mol. The topological polar surface area (TPSA) is 89.3 Å². The summed E-state index contributed by atoms with van der Waals surface area (Å²) >= 11 is 0. The number of methoxy groups -OCH3 is 1. The number of aromatic nitrogens is 3. The first-order valence-corrected chi connectivity index (χ1v) is 8.46. The number of aliphatic hydroxyl groups excluding tert-OH is 1. The maximum absolute atomic E-state index is 12.6. The van der Waals surface area contributed by atoms with Gasteiger partial charge in [-0.05, 0) is 42.0 Å². The molecule has 152 valence electrons. The molecule has 29 heavy (non-hydrogen) atoms. The van der Waals surface area contributed by atoms with Gasteiger partial charge in [0, 0.05) is 5.69 Å². The number of rotatable bonds is 6. The Morgan fingerprint density at radius 3 is 2.41 bits per heavy atom. The van der Waals surface area contributed by atoms with E-state index in [9.17, 15) is 23.1 Å². The molecule has 7 nitrogen and oxygen atoms in total. The number of aliphatic hydroxyl groups is 1. The molecule has 0 aliphatic heterocycles. The van der Waals surface area contributed by atoms with Crippen LogP contribution >= 0.6 is 0 Å². The lowest BCUT2D eigenvalue weighted by Gasteiger charge is -2.11. The standard InChI is InChI=1S/C19H17F3N4O3/c1-29-15-8-2-12(3-9-15)16(27)10-26-11-23-17(25-26)18(28)24-14-6-4-13(5-7-14)19(20,21)22/h2-9,11,16,27H,10H2,1H3,(H,24,28)/t16-/m1/s1. The Morgan fingerprint density at radius 2 is 1.83 bits per heavy atom. The number of anilines is 1. The summed E-state index contributed by atoms with van der Waals surface area (Å²) in [5.41, 5.74) is 0.0000879. The summed E-state index contributed by atoms with van der Waals surface area (Å²) in [5.74, 6) is -0.196. The number of alkyl halides is 3. The van der Waals surface area contributed by atoms with E-state index in [1.165, 1.54) is 18.1 Å². The van der Waals surface area contributed by atoms with Crippen molar-refractivity contribution in [1.29, 1.82) is 0 Å². The fourth-order valence-electron chi connectivity index (χ4n) is 2.52. The third-order valence-electron chi connectivity index (χ3n) is 4.07. The third-order valence-corrected chi connectivity index (χ3v) is 4.07. The van der Waals surface area contributed by atoms with Crippen molar-refractivity contribution in [3.05, 3.63) is 71.8 Å². The first-order valence-electron chi connectivity index (χ1n) is 8.46. The van der Waals surface area contributed by atoms with Crippen LogP contribution in [-0.4, -0.2) is 32.9 Å². The smallest absolute Gasteiger partial charge is 0.416 e. The minimum absolute atomic E-state index is 0.0624. The van der Waals surface area contributed by atoms with Gasteiger partial charge < -0.3 is 15.2 Å². The van der Waals surface area contributed by atoms with Gasteiger partial charge in [0.25, 0.3) is 5.91 Å². The molecule has 0 spiro atoms. The molecule has 10 heteroatoms. The number of ether oxygens (including phenoxy) is 1. The summed E-state index contributed by atoms with van der Waals surface area (Å²) in [4.78, 5) is 16.1. The Labute approximate surface area is 163 Å². The lowest BCUT2D eigenvalue weighted by Crippen LogP contribution is -2.15. The summed E-state index contributed by atoms with van der Waals surface area (Å²) in [6.07, 6.45) is -4.05. The molecule has 1 amide bonds. The third kappa shape index (κ3) is 5.11. The highest BCUT2D eigenvalue weighted by atomic mass is 19.4. The number of carbonyl (C=O) groups excluding carboxylic acids is 1. The first-order chi connectivity index (χ1) is 13.8. The molecule has 1 aromatic heterocycles. The van der Waals surface area contributed by atoms with Crippen LogP contribution in [0.5, 0.6) is 5.75 Å². The molecule has 0 radical (unpaired) electrons. The second kappa shape index (κ2) is 8.31. The quantitative estimate of drug-likeness (QED) is 0.656. The van der Waals surface area contributed by atoms with Crippen molar-refractivity contribution >= 4 is 11.6 Å². The van der Waals surface area contributed by atoms with E-state index in [4.69, 9.17) is 4.74 Å². The van der Waals surface area contributed by atoms with E-state index in [0.717, 1.165) is 24.3 Å². The van der Waals surface area contributed by atoms with Gasteiger partial charge >= 0.3 is 6.18 Å². The monoisotopic (exact) mass is 406 g/mol. The van der Waals surface area contributed by atoms with Gasteiger partial charge in [0.2, 0.25) is 5.82 Å². The SMILES string of the molecule is COc1ccc([C@H](O)Cn2cnc(C(=O)Nc3ccc(C(F)(F)F)cc3)n2)cc1. The largest absolute Gasteiger partial charge is 0.497 e.